The molecule has 1 atom stereocenters. The summed E-state index contributed by atoms with van der Waals surface area (Å²) in [5, 5.41) is 3.02. The SMILES string of the molecule is CCCCNC(=O)[C@@H](Cc1ccccc1)N(Cc1ccc(F)cc1)C(=O)Cc1cc(C)cc(C)c1. The Bertz CT molecular complexity index is 1090. The van der Waals surface area contributed by atoms with Crippen LogP contribution in [0.25, 0.3) is 0 Å². The lowest BCUT2D eigenvalue weighted by Gasteiger charge is -2.32. The number of amides is 2. The normalized spacial score (nSPS) is 11.7. The Hall–Kier alpha value is -3.47. The molecule has 184 valence electrons. The van der Waals surface area contributed by atoms with Crippen molar-refractivity contribution < 1.29 is 14.0 Å². The topological polar surface area (TPSA) is 49.4 Å². The van der Waals surface area contributed by atoms with Crippen LogP contribution in [0.5, 0.6) is 0 Å². The molecule has 0 saturated heterocycles. The highest BCUT2D eigenvalue weighted by atomic mass is 19.1. The summed E-state index contributed by atoms with van der Waals surface area (Å²) in [6.07, 6.45) is 2.43. The van der Waals surface area contributed by atoms with E-state index >= 15 is 0 Å². The molecule has 0 heterocycles. The van der Waals surface area contributed by atoms with Crippen LogP contribution >= 0.6 is 0 Å². The smallest absolute Gasteiger partial charge is 0.243 e. The Labute approximate surface area is 208 Å². The van der Waals surface area contributed by atoms with Crippen LogP contribution in [0, 0.1) is 19.7 Å². The standard InChI is InChI=1S/C30H35FN2O2/c1-4-5-15-32-30(35)28(19-24-9-7-6-8-10-24)33(21-25-11-13-27(31)14-12-25)29(34)20-26-17-22(2)16-23(3)18-26/h6-14,16-18,28H,4-5,15,19-21H2,1-3H3,(H,32,35)/t28-/m1/s1. The lowest BCUT2D eigenvalue weighted by Crippen LogP contribution is -2.51. The summed E-state index contributed by atoms with van der Waals surface area (Å²) in [6, 6.07) is 21.2. The number of nitrogens with zero attached hydrogens (tertiary/aromatic N) is 1. The minimum absolute atomic E-state index is 0.133. The van der Waals surface area contributed by atoms with Gasteiger partial charge in [0.1, 0.15) is 11.9 Å². The maximum Gasteiger partial charge on any atom is 0.243 e. The molecule has 3 aromatic rings. The third-order valence-corrected chi connectivity index (χ3v) is 6.00. The van der Waals surface area contributed by atoms with Gasteiger partial charge in [0, 0.05) is 19.5 Å². The highest BCUT2D eigenvalue weighted by molar-refractivity contribution is 5.88. The van der Waals surface area contributed by atoms with E-state index in [-0.39, 0.29) is 30.6 Å². The summed E-state index contributed by atoms with van der Waals surface area (Å²) < 4.78 is 13.5. The van der Waals surface area contributed by atoms with Gasteiger partial charge in [-0.25, -0.2) is 4.39 Å². The van der Waals surface area contributed by atoms with Crippen molar-refractivity contribution in [2.45, 2.75) is 59.0 Å². The highest BCUT2D eigenvalue weighted by Gasteiger charge is 2.30. The molecule has 1 N–H and O–H groups in total. The predicted molar refractivity (Wildman–Crippen MR) is 138 cm³/mol. The molecule has 0 aliphatic rings. The third-order valence-electron chi connectivity index (χ3n) is 6.00. The first-order valence-electron chi connectivity index (χ1n) is 12.3. The number of hydrogen-bond acceptors (Lipinski definition) is 2. The first-order chi connectivity index (χ1) is 16.9. The van der Waals surface area contributed by atoms with Crippen LogP contribution in [0.4, 0.5) is 4.39 Å². The van der Waals surface area contributed by atoms with Gasteiger partial charge in [0.15, 0.2) is 0 Å². The van der Waals surface area contributed by atoms with Crippen molar-refractivity contribution in [3.8, 4) is 0 Å². The second-order valence-corrected chi connectivity index (χ2v) is 9.17. The van der Waals surface area contributed by atoms with Crippen molar-refractivity contribution in [3.05, 3.63) is 106 Å². The second-order valence-electron chi connectivity index (χ2n) is 9.17. The fourth-order valence-electron chi connectivity index (χ4n) is 4.29. The van der Waals surface area contributed by atoms with Crippen molar-refractivity contribution >= 4 is 11.8 Å². The van der Waals surface area contributed by atoms with Gasteiger partial charge in [-0.1, -0.05) is 85.1 Å². The summed E-state index contributed by atoms with van der Waals surface area (Å²) in [4.78, 5) is 28.8. The van der Waals surface area contributed by atoms with Crippen LogP contribution in [0.3, 0.4) is 0 Å². The molecule has 0 aliphatic carbocycles. The highest BCUT2D eigenvalue weighted by Crippen LogP contribution is 2.18. The van der Waals surface area contributed by atoms with E-state index in [2.05, 4.69) is 18.3 Å². The predicted octanol–water partition coefficient (Wildman–Crippen LogP) is 5.54. The Morgan fingerprint density at radius 1 is 0.886 bits per heavy atom. The van der Waals surface area contributed by atoms with Gasteiger partial charge in [0.2, 0.25) is 11.8 Å². The van der Waals surface area contributed by atoms with Gasteiger partial charge in [0.05, 0.1) is 6.42 Å². The fraction of sp³-hybridized carbons (Fsp3) is 0.333. The van der Waals surface area contributed by atoms with E-state index in [1.165, 1.54) is 12.1 Å². The zero-order chi connectivity index (χ0) is 25.2. The van der Waals surface area contributed by atoms with Crippen LogP contribution < -0.4 is 5.32 Å². The average molecular weight is 475 g/mol. The second kappa shape index (κ2) is 12.8. The summed E-state index contributed by atoms with van der Waals surface area (Å²) in [6.45, 7) is 6.88. The molecule has 0 radical (unpaired) electrons. The maximum absolute atomic E-state index is 13.7. The molecule has 3 aromatic carbocycles. The van der Waals surface area contributed by atoms with E-state index in [1.807, 2.05) is 56.3 Å². The molecule has 35 heavy (non-hydrogen) atoms. The number of rotatable bonds is 11. The quantitative estimate of drug-likeness (QED) is 0.371. The third kappa shape index (κ3) is 8.06. The molecule has 3 rings (SSSR count). The van der Waals surface area contributed by atoms with Crippen LogP contribution in [-0.2, 0) is 29.0 Å². The summed E-state index contributed by atoms with van der Waals surface area (Å²) in [7, 11) is 0. The van der Waals surface area contributed by atoms with Crippen LogP contribution in [0.2, 0.25) is 0 Å². The summed E-state index contributed by atoms with van der Waals surface area (Å²) in [5.41, 5.74) is 4.86. The molecule has 0 saturated carbocycles. The van der Waals surface area contributed by atoms with Crippen molar-refractivity contribution in [1.29, 1.82) is 0 Å². The molecular formula is C30H35FN2O2. The summed E-state index contributed by atoms with van der Waals surface area (Å²) in [5.74, 6) is -0.635. The van der Waals surface area contributed by atoms with Gasteiger partial charge in [-0.05, 0) is 49.1 Å². The first-order valence-corrected chi connectivity index (χ1v) is 12.3. The van der Waals surface area contributed by atoms with Crippen LogP contribution in [0.1, 0.15) is 47.6 Å². The van der Waals surface area contributed by atoms with E-state index in [0.29, 0.717) is 13.0 Å². The van der Waals surface area contributed by atoms with Crippen molar-refractivity contribution in [2.75, 3.05) is 6.54 Å². The van der Waals surface area contributed by atoms with Crippen molar-refractivity contribution in [1.82, 2.24) is 10.2 Å². The van der Waals surface area contributed by atoms with Gasteiger partial charge < -0.3 is 10.2 Å². The number of halogens is 1. The number of nitrogens with one attached hydrogen (secondary N) is 1. The number of unbranched alkanes of at least 4 members (excludes halogenated alkanes) is 1. The van der Waals surface area contributed by atoms with Crippen LogP contribution in [0.15, 0.2) is 72.8 Å². The van der Waals surface area contributed by atoms with Gasteiger partial charge in [-0.3, -0.25) is 9.59 Å². The Kier molecular flexibility index (Phi) is 9.59. The van der Waals surface area contributed by atoms with Crippen molar-refractivity contribution in [2.24, 2.45) is 0 Å². The molecule has 0 spiro atoms. The number of carbonyl (C=O) groups is 2. The largest absolute Gasteiger partial charge is 0.354 e. The molecule has 2 amide bonds. The summed E-state index contributed by atoms with van der Waals surface area (Å²) >= 11 is 0. The molecule has 5 heteroatoms. The lowest BCUT2D eigenvalue weighted by molar-refractivity contribution is -0.140. The van der Waals surface area contributed by atoms with E-state index in [1.54, 1.807) is 17.0 Å². The molecular weight excluding hydrogens is 439 g/mol. The molecule has 0 aliphatic heterocycles. The number of benzene rings is 3. The number of hydrogen-bond donors (Lipinski definition) is 1. The number of aryl methyl sites for hydroxylation is 2. The molecule has 4 nitrogen and oxygen atoms in total. The Morgan fingerprint density at radius 3 is 2.17 bits per heavy atom. The number of carbonyl (C=O) groups excluding carboxylic acids is 2. The van der Waals surface area contributed by atoms with E-state index in [4.69, 9.17) is 0 Å². The molecule has 0 aromatic heterocycles. The van der Waals surface area contributed by atoms with E-state index in [9.17, 15) is 14.0 Å². The fourth-order valence-corrected chi connectivity index (χ4v) is 4.29. The van der Waals surface area contributed by atoms with Crippen LogP contribution in [-0.4, -0.2) is 29.3 Å². The van der Waals surface area contributed by atoms with Gasteiger partial charge >= 0.3 is 0 Å². The lowest BCUT2D eigenvalue weighted by atomic mass is 10.00. The monoisotopic (exact) mass is 474 g/mol. The van der Waals surface area contributed by atoms with Crippen molar-refractivity contribution in [3.63, 3.8) is 0 Å². The minimum Gasteiger partial charge on any atom is -0.354 e. The van der Waals surface area contributed by atoms with E-state index < -0.39 is 6.04 Å². The first kappa shape index (κ1) is 26.1. The minimum atomic E-state index is -0.683. The van der Waals surface area contributed by atoms with Gasteiger partial charge in [0.25, 0.3) is 0 Å². The molecule has 0 unspecified atom stereocenters. The zero-order valence-electron chi connectivity index (χ0n) is 20.9. The Morgan fingerprint density at radius 2 is 1.54 bits per heavy atom. The van der Waals surface area contributed by atoms with E-state index in [0.717, 1.165) is 40.7 Å². The molecule has 0 fully saturated rings. The zero-order valence-corrected chi connectivity index (χ0v) is 20.9. The van der Waals surface area contributed by atoms with Gasteiger partial charge in [-0.15, -0.1) is 0 Å². The Balaban J connectivity index is 1.95. The average Bonchev–Trinajstić information content (AvgIpc) is 2.82. The molecule has 0 bridgehead atoms. The maximum atomic E-state index is 13.7. The van der Waals surface area contributed by atoms with Gasteiger partial charge in [-0.2, -0.15) is 0 Å².